The molecule has 3 N–H and O–H groups in total. The fraction of sp³-hybridized carbons (Fsp3) is 0.391. The first-order valence-electron chi connectivity index (χ1n) is 9.80. The number of halogens is 1. The van der Waals surface area contributed by atoms with Crippen LogP contribution in [0.2, 0.25) is 0 Å². The summed E-state index contributed by atoms with van der Waals surface area (Å²) in [6.45, 7) is 9.05. The van der Waals surface area contributed by atoms with Crippen LogP contribution in [0.5, 0.6) is 0 Å². The van der Waals surface area contributed by atoms with E-state index in [1.54, 1.807) is 0 Å². The Morgan fingerprint density at radius 1 is 0.966 bits per heavy atom. The van der Waals surface area contributed by atoms with E-state index in [0.29, 0.717) is 18.7 Å². The van der Waals surface area contributed by atoms with Crippen molar-refractivity contribution < 1.29 is 9.59 Å². The monoisotopic (exact) mass is 415 g/mol. The molecular weight excluding hydrogens is 386 g/mol. The second-order valence-corrected chi connectivity index (χ2v) is 8.32. The van der Waals surface area contributed by atoms with E-state index in [1.807, 2.05) is 24.3 Å². The molecule has 0 spiro atoms. The van der Waals surface area contributed by atoms with Crippen LogP contribution in [0, 0.1) is 0 Å². The van der Waals surface area contributed by atoms with Gasteiger partial charge in [0.05, 0.1) is 0 Å². The van der Waals surface area contributed by atoms with Crippen molar-refractivity contribution in [2.24, 2.45) is 0 Å². The standard InChI is InChI=1S/C23H29N3O2.ClH/c1-23(2,3)20-8-6-17(7-9-20)22(28)25-11-10-21(27)26-13-16-4-5-18-14-24-15-19(18)12-16;/h4-9,12,24H,10-11,13-15H2,1-3H3,(H,25,28)(H,26,27);1H. The molecule has 2 amide bonds. The average molecular weight is 416 g/mol. The predicted octanol–water partition coefficient (Wildman–Crippen LogP) is 3.45. The Kier molecular flexibility index (Phi) is 7.82. The Hall–Kier alpha value is -2.37. The number of fused-ring (bicyclic) bond motifs is 1. The summed E-state index contributed by atoms with van der Waals surface area (Å²) in [4.78, 5) is 24.3. The van der Waals surface area contributed by atoms with Crippen molar-refractivity contribution in [3.05, 3.63) is 70.3 Å². The topological polar surface area (TPSA) is 70.2 Å². The fourth-order valence-corrected chi connectivity index (χ4v) is 3.26. The second kappa shape index (κ2) is 9.90. The van der Waals surface area contributed by atoms with Crippen LogP contribution in [0.4, 0.5) is 0 Å². The van der Waals surface area contributed by atoms with E-state index in [-0.39, 0.29) is 36.1 Å². The average Bonchev–Trinajstić information content (AvgIpc) is 3.13. The third kappa shape index (κ3) is 6.31. The summed E-state index contributed by atoms with van der Waals surface area (Å²) >= 11 is 0. The Bertz CT molecular complexity index is 857. The quantitative estimate of drug-likeness (QED) is 0.676. The molecular formula is C23H30ClN3O2. The van der Waals surface area contributed by atoms with Gasteiger partial charge in [-0.25, -0.2) is 0 Å². The molecule has 5 nitrogen and oxygen atoms in total. The Morgan fingerprint density at radius 2 is 1.66 bits per heavy atom. The lowest BCUT2D eigenvalue weighted by molar-refractivity contribution is -0.121. The number of benzene rings is 2. The molecule has 0 radical (unpaired) electrons. The molecule has 1 aliphatic rings. The third-order valence-electron chi connectivity index (χ3n) is 5.04. The van der Waals surface area contributed by atoms with Gasteiger partial charge in [0, 0.05) is 38.2 Å². The highest BCUT2D eigenvalue weighted by Gasteiger charge is 2.14. The van der Waals surface area contributed by atoms with Crippen molar-refractivity contribution in [1.29, 1.82) is 0 Å². The van der Waals surface area contributed by atoms with E-state index in [0.717, 1.165) is 18.7 Å². The number of nitrogens with one attached hydrogen (secondary N) is 3. The number of hydrogen-bond acceptors (Lipinski definition) is 3. The highest BCUT2D eigenvalue weighted by Crippen LogP contribution is 2.22. The van der Waals surface area contributed by atoms with Gasteiger partial charge in [0.25, 0.3) is 5.91 Å². The first-order chi connectivity index (χ1) is 13.3. The highest BCUT2D eigenvalue weighted by atomic mass is 35.5. The zero-order valence-electron chi connectivity index (χ0n) is 17.3. The molecule has 156 valence electrons. The summed E-state index contributed by atoms with van der Waals surface area (Å²) in [6, 6.07) is 13.9. The third-order valence-corrected chi connectivity index (χ3v) is 5.04. The summed E-state index contributed by atoms with van der Waals surface area (Å²) in [7, 11) is 0. The van der Waals surface area contributed by atoms with E-state index in [1.165, 1.54) is 16.7 Å². The Balaban J connectivity index is 0.00000300. The van der Waals surface area contributed by atoms with Crippen LogP contribution in [0.3, 0.4) is 0 Å². The van der Waals surface area contributed by atoms with Crippen molar-refractivity contribution in [3.8, 4) is 0 Å². The molecule has 0 atom stereocenters. The second-order valence-electron chi connectivity index (χ2n) is 8.32. The van der Waals surface area contributed by atoms with Gasteiger partial charge in [-0.1, -0.05) is 51.1 Å². The van der Waals surface area contributed by atoms with Crippen LogP contribution in [0.25, 0.3) is 0 Å². The molecule has 0 unspecified atom stereocenters. The van der Waals surface area contributed by atoms with Crippen LogP contribution < -0.4 is 16.0 Å². The summed E-state index contributed by atoms with van der Waals surface area (Å²) in [6.07, 6.45) is 0.262. The van der Waals surface area contributed by atoms with E-state index >= 15 is 0 Å². The minimum atomic E-state index is -0.153. The molecule has 1 aliphatic heterocycles. The van der Waals surface area contributed by atoms with Gasteiger partial charge in [-0.05, 0) is 39.8 Å². The van der Waals surface area contributed by atoms with Crippen molar-refractivity contribution in [3.63, 3.8) is 0 Å². The summed E-state index contributed by atoms with van der Waals surface area (Å²) in [5.74, 6) is -0.221. The highest BCUT2D eigenvalue weighted by molar-refractivity contribution is 5.94. The summed E-state index contributed by atoms with van der Waals surface area (Å²) in [5.41, 5.74) is 5.58. The Labute approximate surface area is 179 Å². The van der Waals surface area contributed by atoms with Gasteiger partial charge in [0.15, 0.2) is 0 Å². The van der Waals surface area contributed by atoms with Gasteiger partial charge >= 0.3 is 0 Å². The zero-order valence-corrected chi connectivity index (χ0v) is 18.1. The minimum Gasteiger partial charge on any atom is -0.352 e. The van der Waals surface area contributed by atoms with E-state index in [2.05, 4.69) is 54.9 Å². The van der Waals surface area contributed by atoms with Gasteiger partial charge in [-0.3, -0.25) is 9.59 Å². The van der Waals surface area contributed by atoms with E-state index < -0.39 is 0 Å². The Morgan fingerprint density at radius 3 is 2.34 bits per heavy atom. The van der Waals surface area contributed by atoms with Crippen molar-refractivity contribution in [2.45, 2.75) is 52.2 Å². The van der Waals surface area contributed by atoms with Gasteiger partial charge in [-0.15, -0.1) is 12.4 Å². The molecule has 0 saturated carbocycles. The molecule has 2 aromatic carbocycles. The molecule has 29 heavy (non-hydrogen) atoms. The molecule has 1 heterocycles. The molecule has 0 saturated heterocycles. The van der Waals surface area contributed by atoms with Crippen LogP contribution >= 0.6 is 12.4 Å². The molecule has 0 aliphatic carbocycles. The van der Waals surface area contributed by atoms with E-state index in [9.17, 15) is 9.59 Å². The van der Waals surface area contributed by atoms with Crippen LogP contribution in [0.1, 0.15) is 59.8 Å². The first-order valence-corrected chi connectivity index (χ1v) is 9.80. The van der Waals surface area contributed by atoms with Crippen LogP contribution in [-0.4, -0.2) is 18.4 Å². The molecule has 3 rings (SSSR count). The molecule has 6 heteroatoms. The maximum Gasteiger partial charge on any atom is 0.251 e. The summed E-state index contributed by atoms with van der Waals surface area (Å²) in [5, 5.41) is 9.04. The largest absolute Gasteiger partial charge is 0.352 e. The first kappa shape index (κ1) is 22.9. The minimum absolute atomic E-state index is 0. The SMILES string of the molecule is CC(C)(C)c1ccc(C(=O)NCCC(=O)NCc2ccc3c(c2)CNC3)cc1.Cl. The number of carbonyl (C=O) groups is 2. The van der Waals surface area contributed by atoms with Crippen LogP contribution in [0.15, 0.2) is 42.5 Å². The number of carbonyl (C=O) groups excluding carboxylic acids is 2. The maximum atomic E-state index is 12.2. The van der Waals surface area contributed by atoms with Gasteiger partial charge in [0.2, 0.25) is 5.91 Å². The zero-order chi connectivity index (χ0) is 20.1. The molecule has 2 aromatic rings. The number of amides is 2. The lowest BCUT2D eigenvalue weighted by Gasteiger charge is -2.19. The smallest absolute Gasteiger partial charge is 0.251 e. The molecule has 0 aromatic heterocycles. The molecule has 0 fully saturated rings. The number of rotatable bonds is 6. The lowest BCUT2D eigenvalue weighted by Crippen LogP contribution is -2.30. The fourth-order valence-electron chi connectivity index (χ4n) is 3.26. The summed E-state index contributed by atoms with van der Waals surface area (Å²) < 4.78 is 0. The van der Waals surface area contributed by atoms with E-state index in [4.69, 9.17) is 0 Å². The van der Waals surface area contributed by atoms with Gasteiger partial charge in [0.1, 0.15) is 0 Å². The van der Waals surface area contributed by atoms with Crippen LogP contribution in [-0.2, 0) is 29.8 Å². The number of hydrogen-bond donors (Lipinski definition) is 3. The predicted molar refractivity (Wildman–Crippen MR) is 118 cm³/mol. The maximum absolute atomic E-state index is 12.2. The normalized spacial score (nSPS) is 12.7. The van der Waals surface area contributed by atoms with Crippen molar-refractivity contribution >= 4 is 24.2 Å². The van der Waals surface area contributed by atoms with Crippen molar-refractivity contribution in [1.82, 2.24) is 16.0 Å². The van der Waals surface area contributed by atoms with Gasteiger partial charge < -0.3 is 16.0 Å². The van der Waals surface area contributed by atoms with Crippen molar-refractivity contribution in [2.75, 3.05) is 6.54 Å². The van der Waals surface area contributed by atoms with Gasteiger partial charge in [-0.2, -0.15) is 0 Å². The molecule has 0 bridgehead atoms. The lowest BCUT2D eigenvalue weighted by atomic mass is 9.87.